The molecule has 0 bridgehead atoms. The number of esters is 2. The van der Waals surface area contributed by atoms with E-state index >= 15 is 0 Å². The van der Waals surface area contributed by atoms with Crippen molar-refractivity contribution in [2.45, 2.75) is 45.3 Å². The lowest BCUT2D eigenvalue weighted by Gasteiger charge is -2.24. The number of hydrogen-bond acceptors (Lipinski definition) is 5. The summed E-state index contributed by atoms with van der Waals surface area (Å²) in [6.45, 7) is 4.81. The van der Waals surface area contributed by atoms with Gasteiger partial charge in [0.2, 0.25) is 11.5 Å². The minimum atomic E-state index is -1.33. The molecule has 0 spiro atoms. The molecule has 1 heterocycles. The molecule has 0 aliphatic carbocycles. The van der Waals surface area contributed by atoms with Crippen LogP contribution in [0.25, 0.3) is 0 Å². The van der Waals surface area contributed by atoms with Crippen LogP contribution >= 0.6 is 0 Å². The van der Waals surface area contributed by atoms with Gasteiger partial charge in [0.1, 0.15) is 6.04 Å². The Morgan fingerprint density at radius 2 is 2.12 bits per heavy atom. The highest BCUT2D eigenvalue weighted by Gasteiger charge is 2.37. The Hall–Kier alpha value is -1.59. The monoisotopic (exact) mass is 243 g/mol. The van der Waals surface area contributed by atoms with Crippen molar-refractivity contribution in [3.63, 3.8) is 0 Å². The van der Waals surface area contributed by atoms with Crippen LogP contribution in [0.1, 0.15) is 33.6 Å². The summed E-state index contributed by atoms with van der Waals surface area (Å²) in [6, 6.07) is -0.656. The first-order valence-electron chi connectivity index (χ1n) is 5.56. The molecule has 1 atom stereocenters. The second kappa shape index (κ2) is 5.16. The van der Waals surface area contributed by atoms with Crippen LogP contribution in [0.5, 0.6) is 0 Å². The number of carbonyl (C=O) groups excluding carboxylic acids is 3. The maximum Gasteiger partial charge on any atom is 0.349 e. The third kappa shape index (κ3) is 3.44. The van der Waals surface area contributed by atoms with Gasteiger partial charge in [0.25, 0.3) is 0 Å². The second-order valence-electron chi connectivity index (χ2n) is 4.31. The Labute approximate surface area is 99.6 Å². The Bertz CT molecular complexity index is 337. The number of amides is 1. The van der Waals surface area contributed by atoms with Gasteiger partial charge in [-0.05, 0) is 27.2 Å². The van der Waals surface area contributed by atoms with Gasteiger partial charge in [0, 0.05) is 6.42 Å². The SMILES string of the molecule is CCOC(=O)C(C)(C)OC(=O)C1CCC(=O)N1. The van der Waals surface area contributed by atoms with Crippen LogP contribution in [-0.2, 0) is 23.9 Å². The van der Waals surface area contributed by atoms with E-state index in [0.29, 0.717) is 12.8 Å². The van der Waals surface area contributed by atoms with Gasteiger partial charge in [0.05, 0.1) is 6.61 Å². The Morgan fingerprint density at radius 1 is 1.47 bits per heavy atom. The average molecular weight is 243 g/mol. The molecule has 0 aromatic heterocycles. The van der Waals surface area contributed by atoms with Crippen LogP contribution < -0.4 is 5.32 Å². The third-order valence-corrected chi connectivity index (χ3v) is 2.40. The zero-order chi connectivity index (χ0) is 13.1. The molecule has 1 amide bonds. The van der Waals surface area contributed by atoms with Crippen molar-refractivity contribution in [2.24, 2.45) is 0 Å². The van der Waals surface area contributed by atoms with Crippen molar-refractivity contribution >= 4 is 17.8 Å². The van der Waals surface area contributed by atoms with Crippen LogP contribution in [-0.4, -0.2) is 36.1 Å². The summed E-state index contributed by atoms with van der Waals surface area (Å²) in [5.41, 5.74) is -1.33. The predicted molar refractivity (Wildman–Crippen MR) is 58.0 cm³/mol. The molecule has 0 aromatic rings. The first kappa shape index (κ1) is 13.5. The molecule has 1 unspecified atom stereocenters. The van der Waals surface area contributed by atoms with Crippen LogP contribution in [0.4, 0.5) is 0 Å². The molecule has 0 aromatic carbocycles. The molecule has 1 rings (SSSR count). The number of carbonyl (C=O) groups is 3. The molecular formula is C11H17NO5. The first-order chi connectivity index (χ1) is 7.86. The van der Waals surface area contributed by atoms with Gasteiger partial charge in [-0.3, -0.25) is 4.79 Å². The molecule has 6 nitrogen and oxygen atoms in total. The molecular weight excluding hydrogens is 226 g/mol. The topological polar surface area (TPSA) is 81.7 Å². The van der Waals surface area contributed by atoms with E-state index in [0.717, 1.165) is 0 Å². The van der Waals surface area contributed by atoms with E-state index in [1.807, 2.05) is 0 Å². The minimum Gasteiger partial charge on any atom is -0.463 e. The van der Waals surface area contributed by atoms with E-state index in [-0.39, 0.29) is 12.5 Å². The highest BCUT2D eigenvalue weighted by molar-refractivity contribution is 5.90. The highest BCUT2D eigenvalue weighted by Crippen LogP contribution is 2.16. The van der Waals surface area contributed by atoms with Crippen molar-refractivity contribution < 1.29 is 23.9 Å². The van der Waals surface area contributed by atoms with Crippen LogP contribution in [0, 0.1) is 0 Å². The van der Waals surface area contributed by atoms with Gasteiger partial charge in [-0.1, -0.05) is 0 Å². The van der Waals surface area contributed by atoms with E-state index in [2.05, 4.69) is 5.32 Å². The number of rotatable bonds is 4. The molecule has 96 valence electrons. The maximum atomic E-state index is 11.7. The van der Waals surface area contributed by atoms with Crippen LogP contribution in [0.15, 0.2) is 0 Å². The number of hydrogen-bond donors (Lipinski definition) is 1. The number of ether oxygens (including phenoxy) is 2. The second-order valence-corrected chi connectivity index (χ2v) is 4.31. The van der Waals surface area contributed by atoms with E-state index in [1.54, 1.807) is 6.92 Å². The summed E-state index contributed by atoms with van der Waals surface area (Å²) in [5.74, 6) is -1.38. The van der Waals surface area contributed by atoms with E-state index < -0.39 is 23.6 Å². The van der Waals surface area contributed by atoms with Crippen molar-refractivity contribution in [1.82, 2.24) is 5.32 Å². The van der Waals surface area contributed by atoms with Crippen molar-refractivity contribution in [3.8, 4) is 0 Å². The van der Waals surface area contributed by atoms with Gasteiger partial charge in [-0.2, -0.15) is 0 Å². The summed E-state index contributed by atoms with van der Waals surface area (Å²) >= 11 is 0. The minimum absolute atomic E-state index is 0.180. The standard InChI is InChI=1S/C11H17NO5/c1-4-16-10(15)11(2,3)17-9(14)7-5-6-8(13)12-7/h7H,4-6H2,1-3H3,(H,12,13). The third-order valence-electron chi connectivity index (χ3n) is 2.40. The Balaban J connectivity index is 2.55. The first-order valence-corrected chi connectivity index (χ1v) is 5.56. The van der Waals surface area contributed by atoms with Gasteiger partial charge in [0.15, 0.2) is 0 Å². The van der Waals surface area contributed by atoms with E-state index in [9.17, 15) is 14.4 Å². The fourth-order valence-electron chi connectivity index (χ4n) is 1.46. The Kier molecular flexibility index (Phi) is 4.09. The lowest BCUT2D eigenvalue weighted by Crippen LogP contribution is -2.44. The zero-order valence-electron chi connectivity index (χ0n) is 10.2. The summed E-state index contributed by atoms with van der Waals surface area (Å²) in [5, 5.41) is 2.48. The fourth-order valence-corrected chi connectivity index (χ4v) is 1.46. The molecule has 1 N–H and O–H groups in total. The van der Waals surface area contributed by atoms with Gasteiger partial charge >= 0.3 is 11.9 Å². The van der Waals surface area contributed by atoms with Crippen molar-refractivity contribution in [3.05, 3.63) is 0 Å². The van der Waals surface area contributed by atoms with Gasteiger partial charge in [-0.25, -0.2) is 9.59 Å². The molecule has 6 heteroatoms. The lowest BCUT2D eigenvalue weighted by molar-refractivity contribution is -0.179. The van der Waals surface area contributed by atoms with Crippen LogP contribution in [0.3, 0.4) is 0 Å². The van der Waals surface area contributed by atoms with Gasteiger partial charge in [-0.15, -0.1) is 0 Å². The molecule has 1 fully saturated rings. The molecule has 0 radical (unpaired) electrons. The largest absolute Gasteiger partial charge is 0.463 e. The smallest absolute Gasteiger partial charge is 0.349 e. The van der Waals surface area contributed by atoms with Gasteiger partial charge < -0.3 is 14.8 Å². The molecule has 1 aliphatic rings. The molecule has 0 saturated carbocycles. The summed E-state index contributed by atoms with van der Waals surface area (Å²) in [4.78, 5) is 34.1. The van der Waals surface area contributed by atoms with Crippen molar-refractivity contribution in [2.75, 3.05) is 6.61 Å². The molecule has 17 heavy (non-hydrogen) atoms. The lowest BCUT2D eigenvalue weighted by atomic mass is 10.1. The molecule has 1 saturated heterocycles. The Morgan fingerprint density at radius 3 is 2.59 bits per heavy atom. The maximum absolute atomic E-state index is 11.7. The predicted octanol–water partition coefficient (Wildman–Crippen LogP) is 0.150. The average Bonchev–Trinajstić information content (AvgIpc) is 2.64. The number of nitrogens with one attached hydrogen (secondary N) is 1. The van der Waals surface area contributed by atoms with E-state index in [1.165, 1.54) is 13.8 Å². The highest BCUT2D eigenvalue weighted by atomic mass is 16.6. The normalized spacial score (nSPS) is 19.7. The van der Waals surface area contributed by atoms with Crippen LogP contribution in [0.2, 0.25) is 0 Å². The molecule has 1 aliphatic heterocycles. The quantitative estimate of drug-likeness (QED) is 0.711. The zero-order valence-corrected chi connectivity index (χ0v) is 10.2. The summed E-state index contributed by atoms with van der Waals surface area (Å²) in [7, 11) is 0. The fraction of sp³-hybridized carbons (Fsp3) is 0.727. The van der Waals surface area contributed by atoms with Crippen molar-refractivity contribution in [1.29, 1.82) is 0 Å². The van der Waals surface area contributed by atoms with E-state index in [4.69, 9.17) is 9.47 Å². The summed E-state index contributed by atoms with van der Waals surface area (Å²) in [6.07, 6.45) is 0.705. The summed E-state index contributed by atoms with van der Waals surface area (Å²) < 4.78 is 9.84.